The summed E-state index contributed by atoms with van der Waals surface area (Å²) < 4.78 is 27.3. The maximum Gasteiger partial charge on any atom is 0.254 e. The van der Waals surface area contributed by atoms with Crippen molar-refractivity contribution in [1.82, 2.24) is 4.90 Å². The van der Waals surface area contributed by atoms with E-state index in [0.717, 1.165) is 5.56 Å². The summed E-state index contributed by atoms with van der Waals surface area (Å²) >= 11 is 12.1. The van der Waals surface area contributed by atoms with Crippen LogP contribution < -0.4 is 0 Å². The maximum atomic E-state index is 14.1. The number of benzene rings is 3. The summed E-state index contributed by atoms with van der Waals surface area (Å²) in [5.41, 5.74) is 1.57. The van der Waals surface area contributed by atoms with Crippen LogP contribution >= 0.6 is 23.2 Å². The number of halogens is 4. The van der Waals surface area contributed by atoms with Gasteiger partial charge in [-0.3, -0.25) is 4.79 Å². The lowest BCUT2D eigenvalue weighted by Crippen LogP contribution is -2.33. The minimum Gasteiger partial charge on any atom is -0.334 e. The van der Waals surface area contributed by atoms with Crippen molar-refractivity contribution in [3.05, 3.63) is 105 Å². The van der Waals surface area contributed by atoms with Gasteiger partial charge in [0.1, 0.15) is 11.6 Å². The second-order valence-electron chi connectivity index (χ2n) is 6.31. The lowest BCUT2D eigenvalue weighted by atomic mass is 10.1. The van der Waals surface area contributed by atoms with E-state index >= 15 is 0 Å². The molecule has 0 aliphatic heterocycles. The molecule has 2 nitrogen and oxygen atoms in total. The molecule has 0 saturated heterocycles. The van der Waals surface area contributed by atoms with Crippen molar-refractivity contribution >= 4 is 29.1 Å². The molecule has 0 atom stereocenters. The molecule has 28 heavy (non-hydrogen) atoms. The van der Waals surface area contributed by atoms with E-state index in [4.69, 9.17) is 23.2 Å². The normalized spacial score (nSPS) is 10.7. The van der Waals surface area contributed by atoms with Gasteiger partial charge in [-0.05, 0) is 54.4 Å². The molecule has 0 saturated carbocycles. The number of nitrogens with zero attached hydrogens (tertiary/aromatic N) is 1. The Labute approximate surface area is 172 Å². The smallest absolute Gasteiger partial charge is 0.254 e. The van der Waals surface area contributed by atoms with Gasteiger partial charge in [-0.25, -0.2) is 8.78 Å². The third-order valence-corrected chi connectivity index (χ3v) is 4.95. The summed E-state index contributed by atoms with van der Waals surface area (Å²) in [6.45, 7) is 0.403. The number of carbonyl (C=O) groups is 1. The first kappa shape index (κ1) is 20.3. The van der Waals surface area contributed by atoms with Gasteiger partial charge < -0.3 is 4.90 Å². The Hall–Kier alpha value is -2.43. The molecule has 0 spiro atoms. The molecule has 0 heterocycles. The van der Waals surface area contributed by atoms with Gasteiger partial charge in [0, 0.05) is 34.3 Å². The van der Waals surface area contributed by atoms with Crippen molar-refractivity contribution in [2.75, 3.05) is 6.54 Å². The highest BCUT2D eigenvalue weighted by Crippen LogP contribution is 2.22. The molecule has 0 radical (unpaired) electrons. The number of hydrogen-bond acceptors (Lipinski definition) is 1. The quantitative estimate of drug-likeness (QED) is 0.468. The molecule has 3 aromatic carbocycles. The van der Waals surface area contributed by atoms with Crippen LogP contribution in [0.15, 0.2) is 66.7 Å². The predicted octanol–water partition coefficient (Wildman–Crippen LogP) is 6.16. The van der Waals surface area contributed by atoms with E-state index < -0.39 is 5.82 Å². The van der Waals surface area contributed by atoms with Crippen molar-refractivity contribution < 1.29 is 13.6 Å². The first-order valence-electron chi connectivity index (χ1n) is 8.66. The van der Waals surface area contributed by atoms with Crippen LogP contribution in [-0.4, -0.2) is 17.4 Å². The van der Waals surface area contributed by atoms with E-state index in [1.165, 1.54) is 35.2 Å². The molecular weight excluding hydrogens is 403 g/mol. The van der Waals surface area contributed by atoms with Crippen LogP contribution in [0, 0.1) is 11.6 Å². The molecule has 0 fully saturated rings. The zero-order valence-corrected chi connectivity index (χ0v) is 16.4. The van der Waals surface area contributed by atoms with Crippen molar-refractivity contribution in [3.8, 4) is 0 Å². The highest BCUT2D eigenvalue weighted by molar-refractivity contribution is 6.35. The fourth-order valence-electron chi connectivity index (χ4n) is 2.84. The average Bonchev–Trinajstić information content (AvgIpc) is 2.68. The van der Waals surface area contributed by atoms with Gasteiger partial charge in [-0.1, -0.05) is 47.5 Å². The molecule has 144 valence electrons. The molecular formula is C22H17Cl2F2NO. The van der Waals surface area contributed by atoms with Crippen LogP contribution in [-0.2, 0) is 13.0 Å². The van der Waals surface area contributed by atoms with Gasteiger partial charge in [0.05, 0.1) is 0 Å². The van der Waals surface area contributed by atoms with Crippen molar-refractivity contribution in [1.29, 1.82) is 0 Å². The van der Waals surface area contributed by atoms with Crippen LogP contribution in [0.25, 0.3) is 0 Å². The van der Waals surface area contributed by atoms with E-state index in [9.17, 15) is 13.6 Å². The molecule has 0 unspecified atom stereocenters. The van der Waals surface area contributed by atoms with E-state index in [2.05, 4.69) is 0 Å². The fraction of sp³-hybridized carbons (Fsp3) is 0.136. The SMILES string of the molecule is O=C(c1ccc(F)cc1)N(CCc1ccc(Cl)cc1Cl)Cc1ccccc1F. The second-order valence-corrected chi connectivity index (χ2v) is 7.15. The Bertz CT molecular complexity index is 977. The number of rotatable bonds is 6. The Kier molecular flexibility index (Phi) is 6.65. The molecule has 0 bridgehead atoms. The second kappa shape index (κ2) is 9.18. The van der Waals surface area contributed by atoms with E-state index in [-0.39, 0.29) is 18.3 Å². The Balaban J connectivity index is 1.84. The largest absolute Gasteiger partial charge is 0.334 e. The summed E-state index contributed by atoms with van der Waals surface area (Å²) in [6, 6.07) is 16.8. The van der Waals surface area contributed by atoms with Gasteiger partial charge >= 0.3 is 0 Å². The molecule has 6 heteroatoms. The summed E-state index contributed by atoms with van der Waals surface area (Å²) in [7, 11) is 0. The van der Waals surface area contributed by atoms with Crippen molar-refractivity contribution in [2.45, 2.75) is 13.0 Å². The van der Waals surface area contributed by atoms with Gasteiger partial charge in [0.25, 0.3) is 5.91 Å². The van der Waals surface area contributed by atoms with Gasteiger partial charge in [0.2, 0.25) is 0 Å². The van der Waals surface area contributed by atoms with E-state index in [1.807, 2.05) is 0 Å². The highest BCUT2D eigenvalue weighted by atomic mass is 35.5. The summed E-state index contributed by atoms with van der Waals surface area (Å²) in [5, 5.41) is 1.03. The molecule has 0 aliphatic carbocycles. The van der Waals surface area contributed by atoms with Gasteiger partial charge in [-0.15, -0.1) is 0 Å². The monoisotopic (exact) mass is 419 g/mol. The molecule has 0 aromatic heterocycles. The number of hydrogen-bond donors (Lipinski definition) is 0. The molecule has 0 aliphatic rings. The average molecular weight is 420 g/mol. The van der Waals surface area contributed by atoms with Crippen LogP contribution in [0.5, 0.6) is 0 Å². The van der Waals surface area contributed by atoms with E-state index in [0.29, 0.717) is 34.1 Å². The Morgan fingerprint density at radius 1 is 0.893 bits per heavy atom. The first-order chi connectivity index (χ1) is 13.4. The summed E-state index contributed by atoms with van der Waals surface area (Å²) in [6.07, 6.45) is 0.470. The minimum atomic E-state index is -0.426. The topological polar surface area (TPSA) is 20.3 Å². The third kappa shape index (κ3) is 5.09. The third-order valence-electron chi connectivity index (χ3n) is 4.36. The molecule has 1 amide bonds. The lowest BCUT2D eigenvalue weighted by molar-refractivity contribution is 0.0743. The van der Waals surface area contributed by atoms with E-state index in [1.54, 1.807) is 36.4 Å². The number of amides is 1. The Morgan fingerprint density at radius 3 is 2.29 bits per heavy atom. The Morgan fingerprint density at radius 2 is 1.61 bits per heavy atom. The van der Waals surface area contributed by atoms with Crippen molar-refractivity contribution in [3.63, 3.8) is 0 Å². The number of carbonyl (C=O) groups excluding carboxylic acids is 1. The minimum absolute atomic E-state index is 0.0914. The van der Waals surface area contributed by atoms with Gasteiger partial charge in [-0.2, -0.15) is 0 Å². The summed E-state index contributed by atoms with van der Waals surface area (Å²) in [5.74, 6) is -1.12. The molecule has 0 N–H and O–H groups in total. The van der Waals surface area contributed by atoms with Crippen LogP contribution in [0.1, 0.15) is 21.5 Å². The van der Waals surface area contributed by atoms with Crippen molar-refractivity contribution in [2.24, 2.45) is 0 Å². The first-order valence-corrected chi connectivity index (χ1v) is 9.42. The maximum absolute atomic E-state index is 14.1. The van der Waals surface area contributed by atoms with Crippen LogP contribution in [0.4, 0.5) is 8.78 Å². The highest BCUT2D eigenvalue weighted by Gasteiger charge is 2.18. The molecule has 3 rings (SSSR count). The van der Waals surface area contributed by atoms with Crippen LogP contribution in [0.3, 0.4) is 0 Å². The lowest BCUT2D eigenvalue weighted by Gasteiger charge is -2.23. The fourth-order valence-corrected chi connectivity index (χ4v) is 3.34. The predicted molar refractivity (Wildman–Crippen MR) is 108 cm³/mol. The summed E-state index contributed by atoms with van der Waals surface area (Å²) in [4.78, 5) is 14.5. The van der Waals surface area contributed by atoms with Gasteiger partial charge in [0.15, 0.2) is 0 Å². The zero-order chi connectivity index (χ0) is 20.1. The zero-order valence-electron chi connectivity index (χ0n) is 14.8. The molecule has 3 aromatic rings. The standard InChI is InChI=1S/C22H17Cl2F2NO/c23-18-8-5-15(20(24)13-18)11-12-27(14-17-3-1-2-4-21(17)26)22(28)16-6-9-19(25)10-7-16/h1-10,13H,11-12,14H2. The van der Waals surface area contributed by atoms with Crippen LogP contribution in [0.2, 0.25) is 10.0 Å².